The number of quaternary nitrogens is 2. The van der Waals surface area contributed by atoms with E-state index in [4.69, 9.17) is 9.47 Å². The van der Waals surface area contributed by atoms with Gasteiger partial charge in [0.05, 0.1) is 101 Å². The number of sulfone groups is 2. The molecule has 86 heavy (non-hydrogen) atoms. The largest absolute Gasteiger partial charge is 0.494 e. The summed E-state index contributed by atoms with van der Waals surface area (Å²) in [5.41, 5.74) is 3.58. The number of fused-ring (bicyclic) bond motifs is 2. The molecule has 482 valence electrons. The van der Waals surface area contributed by atoms with Gasteiger partial charge in [-0.05, 0) is 173 Å². The first-order valence-corrected chi connectivity index (χ1v) is 36.7. The lowest BCUT2D eigenvalue weighted by molar-refractivity contribution is -0.891. The van der Waals surface area contributed by atoms with Crippen molar-refractivity contribution >= 4 is 31.0 Å². The lowest BCUT2D eigenvalue weighted by Gasteiger charge is -2.40. The fourth-order valence-corrected chi connectivity index (χ4v) is 18.4. The lowest BCUT2D eigenvalue weighted by atomic mass is 9.68. The van der Waals surface area contributed by atoms with Gasteiger partial charge in [-0.2, -0.15) is 0 Å². The summed E-state index contributed by atoms with van der Waals surface area (Å²) in [5, 5.41) is 25.1. The van der Waals surface area contributed by atoms with Crippen LogP contribution in [0.25, 0.3) is 0 Å². The maximum Gasteiger partial charge on any atom is 0.179 e. The second-order valence-electron chi connectivity index (χ2n) is 27.9. The van der Waals surface area contributed by atoms with E-state index in [0.717, 1.165) is 146 Å². The highest BCUT2D eigenvalue weighted by molar-refractivity contribution is 7.91. The van der Waals surface area contributed by atoms with Crippen LogP contribution in [0.15, 0.2) is 94.7 Å². The van der Waals surface area contributed by atoms with E-state index in [2.05, 4.69) is 55.9 Å². The van der Waals surface area contributed by atoms with Gasteiger partial charge < -0.3 is 38.5 Å². The van der Waals surface area contributed by atoms with Crippen molar-refractivity contribution < 1.29 is 45.5 Å². The fourth-order valence-electron chi connectivity index (χ4n) is 14.0. The molecule has 0 saturated carbocycles. The van der Waals surface area contributed by atoms with Crippen LogP contribution in [-0.4, -0.2) is 156 Å². The summed E-state index contributed by atoms with van der Waals surface area (Å²) in [6.07, 6.45) is 19.8. The van der Waals surface area contributed by atoms with Gasteiger partial charge >= 0.3 is 0 Å². The van der Waals surface area contributed by atoms with Gasteiger partial charge in [0.1, 0.15) is 11.5 Å². The number of rotatable bonds is 37. The van der Waals surface area contributed by atoms with Crippen molar-refractivity contribution in [2.24, 2.45) is 10.8 Å². The predicted octanol–water partition coefficient (Wildman–Crippen LogP) is 14.6. The Balaban J connectivity index is 0.883. The summed E-state index contributed by atoms with van der Waals surface area (Å²) < 4.78 is 71.6. The van der Waals surface area contributed by atoms with Gasteiger partial charge in [-0.1, -0.05) is 103 Å². The standard InChI is InChI=1S/C72H116N4O8S2/c1-13-17-43-71(44-18-14-2)55-85(79,80)65-41-35-59(73(5)6)53-63(65)67(69(71)77)57-31-37-61(38-32-57)83-51-29-23-27-49-75(9,10)47-25-21-22-26-48-76(11,12)50-28-24-30-52-84-62-39-33-58(34-40-62)68-64-54-60(74(7)8)36-42-66(64)86(81,82)56-72(70(68)78,45-19-15-3)46-20-16-4/h31-42,53-54,67-70,77-78H,13-30,43-52,55-56H2,1-12H3/q+2/t67-,68-,69?,70?/m1/s1. The molecular weight excluding hydrogens is 1110 g/mol. The number of ether oxygens (including phenoxy) is 2. The van der Waals surface area contributed by atoms with Crippen LogP contribution in [0.2, 0.25) is 0 Å². The van der Waals surface area contributed by atoms with E-state index in [9.17, 15) is 27.0 Å². The molecule has 2 aliphatic heterocycles. The van der Waals surface area contributed by atoms with Crippen LogP contribution >= 0.6 is 0 Å². The van der Waals surface area contributed by atoms with Crippen molar-refractivity contribution in [3.63, 3.8) is 0 Å². The van der Waals surface area contributed by atoms with Crippen LogP contribution in [0.3, 0.4) is 0 Å². The minimum atomic E-state index is -3.66. The van der Waals surface area contributed by atoms with Gasteiger partial charge in [0.15, 0.2) is 19.7 Å². The van der Waals surface area contributed by atoms with Crippen LogP contribution in [0, 0.1) is 10.8 Å². The van der Waals surface area contributed by atoms with Gasteiger partial charge in [0.25, 0.3) is 0 Å². The van der Waals surface area contributed by atoms with E-state index in [1.165, 1.54) is 38.8 Å². The molecule has 14 heteroatoms. The molecule has 2 unspecified atom stereocenters. The Morgan fingerprint density at radius 1 is 0.442 bits per heavy atom. The number of nitrogens with zero attached hydrogens (tertiary/aromatic N) is 4. The Morgan fingerprint density at radius 3 is 1.03 bits per heavy atom. The van der Waals surface area contributed by atoms with Crippen molar-refractivity contribution in [2.75, 3.05) is 117 Å². The zero-order valence-corrected chi connectivity index (χ0v) is 57.2. The minimum Gasteiger partial charge on any atom is -0.494 e. The average molecular weight is 1230 g/mol. The highest BCUT2D eigenvalue weighted by atomic mass is 32.2. The second-order valence-corrected chi connectivity index (χ2v) is 31.8. The topological polar surface area (TPSA) is 134 Å². The summed E-state index contributed by atoms with van der Waals surface area (Å²) in [7, 11) is 10.0. The highest BCUT2D eigenvalue weighted by Crippen LogP contribution is 2.52. The van der Waals surface area contributed by atoms with Gasteiger partial charge in [-0.3, -0.25) is 0 Å². The number of aliphatic hydroxyl groups is 2. The number of anilines is 2. The van der Waals surface area contributed by atoms with E-state index in [1.54, 1.807) is 12.1 Å². The number of hydrogen-bond acceptors (Lipinski definition) is 10. The van der Waals surface area contributed by atoms with E-state index < -0.39 is 54.5 Å². The van der Waals surface area contributed by atoms with Crippen molar-refractivity contribution in [3.05, 3.63) is 107 Å². The van der Waals surface area contributed by atoms with Crippen LogP contribution in [0.4, 0.5) is 11.4 Å². The molecule has 0 amide bonds. The second kappa shape index (κ2) is 32.5. The van der Waals surface area contributed by atoms with Crippen LogP contribution in [0.5, 0.6) is 11.5 Å². The van der Waals surface area contributed by atoms with Gasteiger partial charge in [0.2, 0.25) is 0 Å². The van der Waals surface area contributed by atoms with E-state index in [-0.39, 0.29) is 11.5 Å². The summed E-state index contributed by atoms with van der Waals surface area (Å²) >= 11 is 0. The third-order valence-electron chi connectivity index (χ3n) is 19.4. The SMILES string of the molecule is CCCCC1(CCCC)CS(=O)(=O)c2ccc(N(C)C)cc2[C@@H](c2ccc(OCCCCC[N+](C)(C)CCCCCC[N+](C)(C)CCCCCOc3ccc([C@@H]4c5cc(N(C)C)ccc5S(=O)(=O)CC(CCCC)(CCCC)C4O)cc3)cc2)C1O. The van der Waals surface area contributed by atoms with Crippen molar-refractivity contribution in [1.29, 1.82) is 0 Å². The molecule has 4 atom stereocenters. The maximum atomic E-state index is 14.3. The first kappa shape index (κ1) is 70.9. The first-order chi connectivity index (χ1) is 40.9. The molecule has 0 fully saturated rings. The molecule has 6 rings (SSSR count). The molecule has 0 radical (unpaired) electrons. The fraction of sp³-hybridized carbons (Fsp3) is 0.667. The van der Waals surface area contributed by atoms with Crippen LogP contribution in [-0.2, 0) is 19.7 Å². The zero-order valence-electron chi connectivity index (χ0n) is 55.6. The lowest BCUT2D eigenvalue weighted by Crippen LogP contribution is -2.43. The van der Waals surface area contributed by atoms with Gasteiger partial charge in [-0.15, -0.1) is 0 Å². The number of hydrogen-bond donors (Lipinski definition) is 2. The Kier molecular flexibility index (Phi) is 26.8. The van der Waals surface area contributed by atoms with Crippen molar-refractivity contribution in [2.45, 2.75) is 203 Å². The average Bonchev–Trinajstić information content (AvgIpc) is 1.65. The molecule has 2 N–H and O–H groups in total. The van der Waals surface area contributed by atoms with Crippen molar-refractivity contribution in [1.82, 2.24) is 0 Å². The third-order valence-corrected chi connectivity index (χ3v) is 23.4. The number of benzene rings is 4. The minimum absolute atomic E-state index is 0.0317. The summed E-state index contributed by atoms with van der Waals surface area (Å²) in [6.45, 7) is 14.5. The summed E-state index contributed by atoms with van der Waals surface area (Å²) in [5.74, 6) is 0.574. The Bertz CT molecular complexity index is 2690. The molecule has 4 aromatic rings. The molecule has 0 aliphatic carbocycles. The molecule has 0 aromatic heterocycles. The molecule has 12 nitrogen and oxygen atoms in total. The monoisotopic (exact) mass is 1230 g/mol. The smallest absolute Gasteiger partial charge is 0.179 e. The Labute approximate surface area is 523 Å². The molecular formula is C72H116N4O8S2+2. The Hall–Kier alpha value is -4.18. The van der Waals surface area contributed by atoms with Crippen LogP contribution < -0.4 is 19.3 Å². The van der Waals surface area contributed by atoms with Crippen molar-refractivity contribution in [3.8, 4) is 11.5 Å². The van der Waals surface area contributed by atoms with E-state index >= 15 is 0 Å². The quantitative estimate of drug-likeness (QED) is 0.0332. The highest BCUT2D eigenvalue weighted by Gasteiger charge is 2.51. The molecule has 2 aliphatic rings. The predicted molar refractivity (Wildman–Crippen MR) is 358 cm³/mol. The Morgan fingerprint density at radius 2 is 0.744 bits per heavy atom. The molecule has 4 aromatic carbocycles. The van der Waals surface area contributed by atoms with E-state index in [1.807, 2.05) is 111 Å². The van der Waals surface area contributed by atoms with Gasteiger partial charge in [0, 0.05) is 62.2 Å². The van der Waals surface area contributed by atoms with Crippen LogP contribution in [0.1, 0.15) is 203 Å². The maximum absolute atomic E-state index is 14.3. The molecule has 0 spiro atoms. The number of unbranched alkanes of at least 4 members (excludes halogenated alkanes) is 11. The summed E-state index contributed by atoms with van der Waals surface area (Å²) in [6, 6.07) is 27.4. The molecule has 0 bridgehead atoms. The summed E-state index contributed by atoms with van der Waals surface area (Å²) in [4.78, 5) is 4.68. The number of aliphatic hydroxyl groups excluding tert-OH is 2. The molecule has 0 saturated heterocycles. The normalized spacial score (nSPS) is 19.7. The third kappa shape index (κ3) is 19.2. The molecule has 2 heterocycles. The zero-order chi connectivity index (χ0) is 62.8. The first-order valence-electron chi connectivity index (χ1n) is 33.4. The van der Waals surface area contributed by atoms with E-state index in [0.29, 0.717) is 59.8 Å². The van der Waals surface area contributed by atoms with Gasteiger partial charge in [-0.25, -0.2) is 16.8 Å².